The van der Waals surface area contributed by atoms with E-state index in [1.807, 2.05) is 12.1 Å². The molecule has 0 saturated heterocycles. The number of benzene rings is 2. The Bertz CT molecular complexity index is 699. The minimum Gasteiger partial charge on any atom is -0.508 e. The van der Waals surface area contributed by atoms with Crippen molar-refractivity contribution in [1.29, 1.82) is 0 Å². The van der Waals surface area contributed by atoms with Crippen LogP contribution in [0.15, 0.2) is 36.4 Å². The van der Waals surface area contributed by atoms with Crippen molar-refractivity contribution in [1.82, 2.24) is 0 Å². The number of aryl methyl sites for hydroxylation is 1. The van der Waals surface area contributed by atoms with Crippen LogP contribution in [0.3, 0.4) is 0 Å². The monoisotopic (exact) mass is 358 g/mol. The number of Topliss-reactive ketones (excluding diaryl/α,β-unsaturated/α-hetero) is 1. The average Bonchev–Trinajstić information content (AvgIpc) is 2.58. The molecule has 0 amide bonds. The van der Waals surface area contributed by atoms with E-state index in [0.717, 1.165) is 50.7 Å². The third-order valence-electron chi connectivity index (χ3n) is 4.42. The summed E-state index contributed by atoms with van der Waals surface area (Å²) in [5, 5.41) is 37.9. The minimum atomic E-state index is -0.387. The zero-order valence-corrected chi connectivity index (χ0v) is 14.8. The molecule has 0 radical (unpaired) electrons. The lowest BCUT2D eigenvalue weighted by atomic mass is 10.0. The van der Waals surface area contributed by atoms with Crippen molar-refractivity contribution in [3.63, 3.8) is 0 Å². The fourth-order valence-corrected chi connectivity index (χ4v) is 2.99. The summed E-state index contributed by atoms with van der Waals surface area (Å²) < 4.78 is 0. The Hall–Kier alpha value is -2.69. The smallest absolute Gasteiger partial charge is 0.170 e. The number of unbranched alkanes of at least 4 members (excludes halogenated alkanes) is 5. The number of phenolic OH excluding ortho intramolecular Hbond substituents is 4. The second-order valence-electron chi connectivity index (χ2n) is 6.57. The molecular weight excluding hydrogens is 332 g/mol. The fourth-order valence-electron chi connectivity index (χ4n) is 2.99. The van der Waals surface area contributed by atoms with Gasteiger partial charge in [-0.3, -0.25) is 4.79 Å². The first-order chi connectivity index (χ1) is 12.5. The number of aromatic hydroxyl groups is 4. The van der Waals surface area contributed by atoms with Gasteiger partial charge in [0.1, 0.15) is 28.6 Å². The van der Waals surface area contributed by atoms with Crippen molar-refractivity contribution in [3.8, 4) is 23.0 Å². The van der Waals surface area contributed by atoms with Crippen LogP contribution in [0, 0.1) is 0 Å². The van der Waals surface area contributed by atoms with E-state index in [1.165, 1.54) is 5.56 Å². The fraction of sp³-hybridized carbons (Fsp3) is 0.381. The lowest BCUT2D eigenvalue weighted by Crippen LogP contribution is -2.00. The Morgan fingerprint density at radius 3 is 1.85 bits per heavy atom. The molecule has 0 aliphatic rings. The molecule has 0 heterocycles. The van der Waals surface area contributed by atoms with Crippen molar-refractivity contribution in [2.24, 2.45) is 0 Å². The highest BCUT2D eigenvalue weighted by Crippen LogP contribution is 2.33. The first kappa shape index (κ1) is 19.6. The third-order valence-corrected chi connectivity index (χ3v) is 4.42. The van der Waals surface area contributed by atoms with Gasteiger partial charge < -0.3 is 20.4 Å². The molecular formula is C21H26O5. The van der Waals surface area contributed by atoms with Crippen LogP contribution >= 0.6 is 0 Å². The normalized spacial score (nSPS) is 10.8. The Morgan fingerprint density at radius 1 is 0.692 bits per heavy atom. The molecule has 140 valence electrons. The van der Waals surface area contributed by atoms with E-state index in [0.29, 0.717) is 6.42 Å². The largest absolute Gasteiger partial charge is 0.508 e. The quantitative estimate of drug-likeness (QED) is 0.366. The molecule has 0 saturated carbocycles. The Morgan fingerprint density at radius 2 is 1.23 bits per heavy atom. The molecule has 4 N–H and O–H groups in total. The highest BCUT2D eigenvalue weighted by Gasteiger charge is 2.17. The van der Waals surface area contributed by atoms with Crippen molar-refractivity contribution in [2.45, 2.75) is 51.4 Å². The predicted octanol–water partition coefficient (Wildman–Crippen LogP) is 4.67. The van der Waals surface area contributed by atoms with E-state index in [-0.39, 0.29) is 40.8 Å². The van der Waals surface area contributed by atoms with Gasteiger partial charge >= 0.3 is 0 Å². The second-order valence-corrected chi connectivity index (χ2v) is 6.57. The van der Waals surface area contributed by atoms with Gasteiger partial charge in [-0.25, -0.2) is 0 Å². The number of rotatable bonds is 10. The lowest BCUT2D eigenvalue weighted by Gasteiger charge is -2.07. The maximum atomic E-state index is 12.1. The lowest BCUT2D eigenvalue weighted by molar-refractivity contribution is 0.0973. The molecule has 2 aromatic rings. The van der Waals surface area contributed by atoms with Gasteiger partial charge in [0.2, 0.25) is 0 Å². The van der Waals surface area contributed by atoms with Gasteiger partial charge in [-0.15, -0.1) is 0 Å². The zero-order valence-electron chi connectivity index (χ0n) is 14.8. The third kappa shape index (κ3) is 5.99. The molecule has 0 aliphatic carbocycles. The number of carbonyl (C=O) groups is 1. The van der Waals surface area contributed by atoms with E-state index >= 15 is 0 Å². The predicted molar refractivity (Wildman–Crippen MR) is 99.9 cm³/mol. The standard InChI is InChI=1S/C21H26O5/c22-16-11-9-15(10-12-16)7-5-3-1-2-4-6-8-18(24)21-19(25)13-17(23)14-20(21)26/h9-14,22-23,25-26H,1-8H2. The molecule has 0 aromatic heterocycles. The van der Waals surface area contributed by atoms with E-state index in [2.05, 4.69) is 0 Å². The summed E-state index contributed by atoms with van der Waals surface area (Å²) in [4.78, 5) is 12.1. The van der Waals surface area contributed by atoms with E-state index in [1.54, 1.807) is 12.1 Å². The Balaban J connectivity index is 1.59. The van der Waals surface area contributed by atoms with E-state index in [4.69, 9.17) is 0 Å². The summed E-state index contributed by atoms with van der Waals surface area (Å²) in [5.74, 6) is -1.07. The maximum absolute atomic E-state index is 12.1. The van der Waals surface area contributed by atoms with Crippen LogP contribution in [0.1, 0.15) is 60.9 Å². The summed E-state index contributed by atoms with van der Waals surface area (Å²) in [7, 11) is 0. The number of phenols is 4. The Kier molecular flexibility index (Phi) is 7.33. The van der Waals surface area contributed by atoms with E-state index < -0.39 is 0 Å². The van der Waals surface area contributed by atoms with Crippen molar-refractivity contribution in [3.05, 3.63) is 47.5 Å². The van der Waals surface area contributed by atoms with E-state index in [9.17, 15) is 25.2 Å². The first-order valence-corrected chi connectivity index (χ1v) is 9.03. The number of hydrogen-bond donors (Lipinski definition) is 4. The van der Waals surface area contributed by atoms with Gasteiger partial charge in [0.15, 0.2) is 5.78 Å². The molecule has 0 atom stereocenters. The van der Waals surface area contributed by atoms with Crippen molar-refractivity contribution < 1.29 is 25.2 Å². The van der Waals surface area contributed by atoms with Gasteiger partial charge in [-0.2, -0.15) is 0 Å². The number of ketones is 1. The number of carbonyl (C=O) groups excluding carboxylic acids is 1. The van der Waals surface area contributed by atoms with Crippen LogP contribution in [0.4, 0.5) is 0 Å². The summed E-state index contributed by atoms with van der Waals surface area (Å²) >= 11 is 0. The van der Waals surface area contributed by atoms with Gasteiger partial charge in [0.25, 0.3) is 0 Å². The summed E-state index contributed by atoms with van der Waals surface area (Å²) in [6.45, 7) is 0. The molecule has 2 aromatic carbocycles. The van der Waals surface area contributed by atoms with Crippen LogP contribution in [0.5, 0.6) is 23.0 Å². The molecule has 2 rings (SSSR count). The molecule has 0 spiro atoms. The van der Waals surface area contributed by atoms with Crippen molar-refractivity contribution in [2.75, 3.05) is 0 Å². The first-order valence-electron chi connectivity index (χ1n) is 9.03. The molecule has 0 bridgehead atoms. The van der Waals surface area contributed by atoms with Gasteiger partial charge in [0.05, 0.1) is 0 Å². The highest BCUT2D eigenvalue weighted by molar-refractivity contribution is 6.01. The molecule has 5 nitrogen and oxygen atoms in total. The topological polar surface area (TPSA) is 98.0 Å². The summed E-state index contributed by atoms with van der Waals surface area (Å²) in [6.07, 6.45) is 7.24. The van der Waals surface area contributed by atoms with Crippen LogP contribution in [-0.2, 0) is 6.42 Å². The Labute approximate surface area is 153 Å². The minimum absolute atomic E-state index is 0.114. The summed E-state index contributed by atoms with van der Waals surface area (Å²) in [6, 6.07) is 9.40. The number of hydrogen-bond acceptors (Lipinski definition) is 5. The van der Waals surface area contributed by atoms with Crippen LogP contribution < -0.4 is 0 Å². The zero-order chi connectivity index (χ0) is 18.9. The van der Waals surface area contributed by atoms with Gasteiger partial charge in [-0.1, -0.05) is 37.8 Å². The van der Waals surface area contributed by atoms with Gasteiger partial charge in [-0.05, 0) is 37.0 Å². The van der Waals surface area contributed by atoms with Crippen LogP contribution in [-0.4, -0.2) is 26.2 Å². The highest BCUT2D eigenvalue weighted by atomic mass is 16.3. The molecule has 26 heavy (non-hydrogen) atoms. The SMILES string of the molecule is O=C(CCCCCCCCc1ccc(O)cc1)c1c(O)cc(O)cc1O. The molecule has 0 fully saturated rings. The molecule has 0 unspecified atom stereocenters. The summed E-state index contributed by atoms with van der Waals surface area (Å²) in [5.41, 5.74) is 1.11. The molecule has 0 aliphatic heterocycles. The average molecular weight is 358 g/mol. The van der Waals surface area contributed by atoms with Gasteiger partial charge in [0, 0.05) is 18.6 Å². The van der Waals surface area contributed by atoms with Crippen LogP contribution in [0.25, 0.3) is 0 Å². The molecule has 5 heteroatoms. The maximum Gasteiger partial charge on any atom is 0.170 e. The van der Waals surface area contributed by atoms with Crippen molar-refractivity contribution >= 4 is 5.78 Å². The van der Waals surface area contributed by atoms with Crippen LogP contribution in [0.2, 0.25) is 0 Å². The second kappa shape index (κ2) is 9.70.